The van der Waals surface area contributed by atoms with Crippen molar-refractivity contribution in [2.45, 2.75) is 57.4 Å². The number of nitrogens with one attached hydrogen (secondary N) is 2. The number of carboxylic acids is 1. The first kappa shape index (κ1) is 24.8. The fourth-order valence-corrected chi connectivity index (χ4v) is 5.43. The number of hydrogen-bond acceptors (Lipinski definition) is 4. The summed E-state index contributed by atoms with van der Waals surface area (Å²) in [5.74, 6) is -1.26. The minimum atomic E-state index is -0.778. The summed E-state index contributed by atoms with van der Waals surface area (Å²) in [6, 6.07) is 16.2. The van der Waals surface area contributed by atoms with Crippen molar-refractivity contribution in [1.82, 2.24) is 10.6 Å². The van der Waals surface area contributed by atoms with Crippen LogP contribution in [-0.4, -0.2) is 42.3 Å². The molecule has 0 spiro atoms. The van der Waals surface area contributed by atoms with Crippen LogP contribution in [0.5, 0.6) is 0 Å². The average Bonchev–Trinajstić information content (AvgIpc) is 3.47. The monoisotopic (exact) mass is 478 g/mol. The van der Waals surface area contributed by atoms with Crippen molar-refractivity contribution in [2.75, 3.05) is 13.2 Å². The molecular formula is C28H34N2O5. The topological polar surface area (TPSA) is 105 Å². The molecule has 2 amide bonds. The largest absolute Gasteiger partial charge is 0.481 e. The predicted octanol–water partition coefficient (Wildman–Crippen LogP) is 4.70. The molecule has 2 aromatic carbocycles. The van der Waals surface area contributed by atoms with Crippen molar-refractivity contribution in [3.05, 3.63) is 59.7 Å². The number of ether oxygens (including phenoxy) is 1. The number of carbonyl (C=O) groups is 3. The number of rotatable bonds is 10. The molecule has 7 nitrogen and oxygen atoms in total. The van der Waals surface area contributed by atoms with Crippen molar-refractivity contribution in [3.63, 3.8) is 0 Å². The third-order valence-corrected chi connectivity index (χ3v) is 7.42. The smallest absolute Gasteiger partial charge is 0.407 e. The van der Waals surface area contributed by atoms with Gasteiger partial charge in [-0.05, 0) is 53.9 Å². The third-order valence-electron chi connectivity index (χ3n) is 7.42. The number of benzene rings is 2. The van der Waals surface area contributed by atoms with Crippen LogP contribution in [0.3, 0.4) is 0 Å². The molecule has 0 radical (unpaired) electrons. The molecule has 0 saturated heterocycles. The summed E-state index contributed by atoms with van der Waals surface area (Å²) in [5, 5.41) is 15.1. The van der Waals surface area contributed by atoms with Crippen molar-refractivity contribution in [3.8, 4) is 11.1 Å². The fraction of sp³-hybridized carbons (Fsp3) is 0.464. The second kappa shape index (κ2) is 11.4. The molecule has 1 unspecified atom stereocenters. The first-order valence-corrected chi connectivity index (χ1v) is 12.6. The van der Waals surface area contributed by atoms with Gasteiger partial charge in [-0.3, -0.25) is 9.59 Å². The van der Waals surface area contributed by atoms with Gasteiger partial charge in [0.25, 0.3) is 0 Å². The Morgan fingerprint density at radius 3 is 2.31 bits per heavy atom. The first-order chi connectivity index (χ1) is 17.0. The molecule has 7 heteroatoms. The van der Waals surface area contributed by atoms with E-state index in [0.717, 1.165) is 24.0 Å². The minimum Gasteiger partial charge on any atom is -0.481 e. The highest BCUT2D eigenvalue weighted by atomic mass is 16.5. The van der Waals surface area contributed by atoms with E-state index in [1.54, 1.807) is 0 Å². The zero-order valence-electron chi connectivity index (χ0n) is 20.2. The first-order valence-electron chi connectivity index (χ1n) is 12.6. The molecule has 4 rings (SSSR count). The molecule has 3 atom stereocenters. The summed E-state index contributed by atoms with van der Waals surface area (Å²) in [6.07, 6.45) is 3.37. The van der Waals surface area contributed by atoms with Gasteiger partial charge in [0.1, 0.15) is 6.61 Å². The lowest BCUT2D eigenvalue weighted by molar-refractivity contribution is -0.143. The van der Waals surface area contributed by atoms with Crippen LogP contribution in [0.15, 0.2) is 48.5 Å². The summed E-state index contributed by atoms with van der Waals surface area (Å²) in [7, 11) is 0. The lowest BCUT2D eigenvalue weighted by atomic mass is 9.96. The van der Waals surface area contributed by atoms with Gasteiger partial charge >= 0.3 is 12.1 Å². The molecule has 0 heterocycles. The van der Waals surface area contributed by atoms with Gasteiger partial charge in [-0.15, -0.1) is 0 Å². The van der Waals surface area contributed by atoms with Crippen molar-refractivity contribution < 1.29 is 24.2 Å². The van der Waals surface area contributed by atoms with Crippen LogP contribution in [0, 0.1) is 11.8 Å². The van der Waals surface area contributed by atoms with E-state index in [4.69, 9.17) is 4.74 Å². The van der Waals surface area contributed by atoms with Gasteiger partial charge in [0.2, 0.25) is 5.91 Å². The Morgan fingerprint density at radius 2 is 1.69 bits per heavy atom. The summed E-state index contributed by atoms with van der Waals surface area (Å²) < 4.78 is 5.62. The molecule has 2 aromatic rings. The van der Waals surface area contributed by atoms with Crippen LogP contribution in [0.2, 0.25) is 0 Å². The Hall–Kier alpha value is -3.35. The molecule has 2 aliphatic rings. The fourth-order valence-electron chi connectivity index (χ4n) is 5.43. The second-order valence-electron chi connectivity index (χ2n) is 9.55. The van der Waals surface area contributed by atoms with Gasteiger partial charge in [-0.25, -0.2) is 4.79 Å². The number of aliphatic carboxylic acids is 1. The maximum absolute atomic E-state index is 12.5. The Morgan fingerprint density at radius 1 is 1.03 bits per heavy atom. The van der Waals surface area contributed by atoms with Crippen LogP contribution < -0.4 is 10.6 Å². The number of carboxylic acid groups (broad SMARTS) is 1. The minimum absolute atomic E-state index is 0.00243. The highest BCUT2D eigenvalue weighted by molar-refractivity contribution is 5.79. The van der Waals surface area contributed by atoms with E-state index in [2.05, 4.69) is 34.9 Å². The maximum Gasteiger partial charge on any atom is 0.407 e. The van der Waals surface area contributed by atoms with E-state index in [9.17, 15) is 19.5 Å². The van der Waals surface area contributed by atoms with Crippen molar-refractivity contribution in [2.24, 2.45) is 11.8 Å². The van der Waals surface area contributed by atoms with Gasteiger partial charge in [0.05, 0.1) is 5.92 Å². The average molecular weight is 479 g/mol. The Balaban J connectivity index is 1.23. The van der Waals surface area contributed by atoms with Crippen LogP contribution in [0.4, 0.5) is 4.79 Å². The van der Waals surface area contributed by atoms with E-state index >= 15 is 0 Å². The quantitative estimate of drug-likeness (QED) is 0.459. The Bertz CT molecular complexity index is 1020. The highest BCUT2D eigenvalue weighted by Gasteiger charge is 2.33. The Kier molecular flexibility index (Phi) is 8.06. The Labute approximate surface area is 206 Å². The maximum atomic E-state index is 12.5. The number of alkyl carbamates (subject to hydrolysis) is 1. The van der Waals surface area contributed by atoms with Crippen molar-refractivity contribution >= 4 is 18.0 Å². The summed E-state index contributed by atoms with van der Waals surface area (Å²) in [5.41, 5.74) is 4.69. The van der Waals surface area contributed by atoms with E-state index < -0.39 is 12.1 Å². The molecule has 35 heavy (non-hydrogen) atoms. The molecule has 3 N–H and O–H groups in total. The molecule has 186 valence electrons. The van der Waals surface area contributed by atoms with E-state index in [-0.39, 0.29) is 42.7 Å². The number of hydrogen-bond donors (Lipinski definition) is 3. The molecule has 1 fully saturated rings. The third kappa shape index (κ3) is 5.84. The van der Waals surface area contributed by atoms with Crippen LogP contribution >= 0.6 is 0 Å². The van der Waals surface area contributed by atoms with Crippen LogP contribution in [-0.2, 0) is 14.3 Å². The van der Waals surface area contributed by atoms with E-state index in [0.29, 0.717) is 25.8 Å². The molecular weight excluding hydrogens is 444 g/mol. The molecule has 0 aromatic heterocycles. The van der Waals surface area contributed by atoms with Crippen LogP contribution in [0.1, 0.15) is 62.5 Å². The molecule has 0 bridgehead atoms. The van der Waals surface area contributed by atoms with E-state index in [1.807, 2.05) is 31.2 Å². The molecule has 1 saturated carbocycles. The van der Waals surface area contributed by atoms with Gasteiger partial charge in [0, 0.05) is 24.9 Å². The summed E-state index contributed by atoms with van der Waals surface area (Å²) in [4.78, 5) is 36.2. The van der Waals surface area contributed by atoms with Crippen LogP contribution in [0.25, 0.3) is 11.1 Å². The molecule has 2 aliphatic carbocycles. The standard InChI is InChI=1S/C28H34N2O5/c1-2-19(14-15-26(31)29-16-18-8-7-13-20(18)27(32)33)30-28(34)35-17-25-23-11-5-3-9-21(23)22-10-4-6-12-24(22)25/h3-6,9-12,18-20,25H,2,7-8,13-17H2,1H3,(H,29,31)(H,30,34)(H,32,33)/t18-,19?,20-/m1/s1. The number of amides is 2. The lowest BCUT2D eigenvalue weighted by Crippen LogP contribution is -2.37. The van der Waals surface area contributed by atoms with Crippen molar-refractivity contribution in [1.29, 1.82) is 0 Å². The van der Waals surface area contributed by atoms with Gasteiger partial charge in [0.15, 0.2) is 0 Å². The zero-order chi connectivity index (χ0) is 24.8. The lowest BCUT2D eigenvalue weighted by Gasteiger charge is -2.19. The zero-order valence-corrected chi connectivity index (χ0v) is 20.2. The number of fused-ring (bicyclic) bond motifs is 3. The van der Waals surface area contributed by atoms with E-state index in [1.165, 1.54) is 11.1 Å². The number of carbonyl (C=O) groups excluding carboxylic acids is 2. The highest BCUT2D eigenvalue weighted by Crippen LogP contribution is 2.44. The summed E-state index contributed by atoms with van der Waals surface area (Å²) in [6.45, 7) is 2.61. The molecule has 0 aliphatic heterocycles. The van der Waals surface area contributed by atoms with Gasteiger partial charge in [-0.2, -0.15) is 0 Å². The predicted molar refractivity (Wildman–Crippen MR) is 133 cm³/mol. The summed E-state index contributed by atoms with van der Waals surface area (Å²) >= 11 is 0. The van der Waals surface area contributed by atoms with Gasteiger partial charge in [-0.1, -0.05) is 61.9 Å². The second-order valence-corrected chi connectivity index (χ2v) is 9.55. The van der Waals surface area contributed by atoms with Gasteiger partial charge < -0.3 is 20.5 Å². The SMILES string of the molecule is CCC(CCC(=O)NC[C@H]1CCC[C@H]1C(=O)O)NC(=O)OCC1c2ccccc2-c2ccccc21. The normalized spacial score (nSPS) is 19.5.